The highest BCUT2D eigenvalue weighted by atomic mass is 15.0. The maximum Gasteiger partial charge on any atom is 0.112 e. The molecule has 0 unspecified atom stereocenters. The van der Waals surface area contributed by atoms with E-state index in [2.05, 4.69) is 9.97 Å². The van der Waals surface area contributed by atoms with Gasteiger partial charge in [-0.05, 0) is 0 Å². The van der Waals surface area contributed by atoms with Gasteiger partial charge in [-0.3, -0.25) is 0 Å². The van der Waals surface area contributed by atoms with Gasteiger partial charge in [0.1, 0.15) is 11.3 Å². The van der Waals surface area contributed by atoms with E-state index in [9.17, 15) is 0 Å². The molecular weight excluding hydrogens is 102 g/mol. The second kappa shape index (κ2) is 0.940. The van der Waals surface area contributed by atoms with Crippen molar-refractivity contribution in [2.75, 3.05) is 0 Å². The van der Waals surface area contributed by atoms with Crippen molar-refractivity contribution in [3.63, 3.8) is 0 Å². The van der Waals surface area contributed by atoms with Crippen molar-refractivity contribution in [2.45, 2.75) is 0 Å². The lowest BCUT2D eigenvalue weighted by Crippen LogP contribution is -2.04. The topological polar surface area (TPSA) is 55.4 Å². The van der Waals surface area contributed by atoms with Gasteiger partial charge in [0.05, 0.1) is 5.36 Å². The van der Waals surface area contributed by atoms with Crippen molar-refractivity contribution in [1.29, 1.82) is 5.41 Å². The summed E-state index contributed by atoms with van der Waals surface area (Å²) in [6, 6.07) is 3.49. The molecule has 0 fully saturated rings. The van der Waals surface area contributed by atoms with Gasteiger partial charge in [-0.25, -0.2) is 0 Å². The fourth-order valence-corrected chi connectivity index (χ4v) is 0.787. The molecule has 0 aliphatic carbocycles. The van der Waals surface area contributed by atoms with Gasteiger partial charge in [0.25, 0.3) is 0 Å². The summed E-state index contributed by atoms with van der Waals surface area (Å²) in [6.07, 6.45) is 0. The van der Waals surface area contributed by atoms with Crippen LogP contribution < -0.4 is 5.36 Å². The van der Waals surface area contributed by atoms with Crippen LogP contribution in [-0.2, 0) is 0 Å². The first kappa shape index (κ1) is 3.72. The Morgan fingerprint density at radius 3 is 1.88 bits per heavy atom. The van der Waals surface area contributed by atoms with Crippen LogP contribution in [0.5, 0.6) is 0 Å². The Morgan fingerprint density at radius 2 is 1.62 bits per heavy atom. The molecule has 0 aromatic carbocycles. The third kappa shape index (κ3) is 0.307. The summed E-state index contributed by atoms with van der Waals surface area (Å²) in [4.78, 5) is 5.96. The Morgan fingerprint density at radius 1 is 1.12 bits per heavy atom. The number of rotatable bonds is 0. The minimum atomic E-state index is 0.563. The summed E-state index contributed by atoms with van der Waals surface area (Å²) in [5.74, 6) is 0. The maximum absolute atomic E-state index is 7.12. The molecule has 3 N–H and O–H groups in total. The average molecular weight is 107 g/mol. The monoisotopic (exact) mass is 107 g/mol. The summed E-state index contributed by atoms with van der Waals surface area (Å²) in [5, 5.41) is 7.68. The second-order valence-electron chi connectivity index (χ2n) is 1.82. The average Bonchev–Trinajstić information content (AvgIpc) is 1.62. The van der Waals surface area contributed by atoms with Crippen molar-refractivity contribution in [3.05, 3.63) is 17.5 Å². The number of aromatic amines is 2. The molecule has 0 radical (unpaired) electrons. The van der Waals surface area contributed by atoms with Crippen LogP contribution in [0.25, 0.3) is 11.3 Å². The SMILES string of the molecule is N=c1cc2[nH]c(c1)[nH]2. The summed E-state index contributed by atoms with van der Waals surface area (Å²) < 4.78 is 0. The third-order valence-corrected chi connectivity index (χ3v) is 1.14. The van der Waals surface area contributed by atoms with Gasteiger partial charge in [0.15, 0.2) is 0 Å². The summed E-state index contributed by atoms with van der Waals surface area (Å²) in [6.45, 7) is 0. The zero-order valence-corrected chi connectivity index (χ0v) is 4.15. The van der Waals surface area contributed by atoms with Crippen molar-refractivity contribution < 1.29 is 0 Å². The lowest BCUT2D eigenvalue weighted by Gasteiger charge is -2.00. The summed E-state index contributed by atoms with van der Waals surface area (Å²) in [5.41, 5.74) is 1.88. The van der Waals surface area contributed by atoms with Crippen molar-refractivity contribution in [3.8, 4) is 0 Å². The Bertz CT molecular complexity index is 287. The molecule has 0 aliphatic heterocycles. The molecule has 3 aromatic rings. The number of aromatic nitrogens is 2. The Kier molecular flexibility index (Phi) is 0.436. The predicted molar refractivity (Wildman–Crippen MR) is 29.7 cm³/mol. The molecule has 3 heterocycles. The summed E-state index contributed by atoms with van der Waals surface area (Å²) in [7, 11) is 0. The number of fused-ring (bicyclic) bond motifs is 2. The quantitative estimate of drug-likeness (QED) is 0.437. The molecule has 2 bridgehead atoms. The minimum absolute atomic E-state index is 0.563. The smallest absolute Gasteiger partial charge is 0.112 e. The summed E-state index contributed by atoms with van der Waals surface area (Å²) >= 11 is 0. The van der Waals surface area contributed by atoms with E-state index in [1.165, 1.54) is 0 Å². The van der Waals surface area contributed by atoms with E-state index in [0.29, 0.717) is 5.36 Å². The number of pyridine rings is 2. The molecule has 0 aliphatic rings. The molecule has 0 saturated heterocycles. The maximum atomic E-state index is 7.12. The second-order valence-corrected chi connectivity index (χ2v) is 1.82. The normalized spacial score (nSPS) is 11.0. The molecular formula is C5H5N3. The van der Waals surface area contributed by atoms with Gasteiger partial charge in [-0.1, -0.05) is 0 Å². The molecule has 40 valence electrons. The van der Waals surface area contributed by atoms with E-state index in [-0.39, 0.29) is 0 Å². The molecule has 3 rings (SSSR count). The minimum Gasteiger partial charge on any atom is -0.328 e. The van der Waals surface area contributed by atoms with Crippen molar-refractivity contribution >= 4 is 11.3 Å². The molecule has 3 aromatic heterocycles. The molecule has 3 heteroatoms. The first-order valence-electron chi connectivity index (χ1n) is 2.40. The highest BCUT2D eigenvalue weighted by Crippen LogP contribution is 1.98. The van der Waals surface area contributed by atoms with Crippen LogP contribution in [0, 0.1) is 5.41 Å². The predicted octanol–water partition coefficient (Wildman–Crippen LogP) is 0.413. The van der Waals surface area contributed by atoms with Crippen LogP contribution in [0.2, 0.25) is 0 Å². The van der Waals surface area contributed by atoms with E-state index in [1.807, 2.05) is 0 Å². The van der Waals surface area contributed by atoms with E-state index >= 15 is 0 Å². The van der Waals surface area contributed by atoms with E-state index in [4.69, 9.17) is 5.41 Å². The largest absolute Gasteiger partial charge is 0.328 e. The Labute approximate surface area is 45.2 Å². The molecule has 0 amide bonds. The lowest BCUT2D eigenvalue weighted by atomic mass is 10.4. The highest BCUT2D eigenvalue weighted by molar-refractivity contribution is 5.56. The molecule has 0 saturated carbocycles. The number of nitrogens with one attached hydrogen (secondary N) is 3. The van der Waals surface area contributed by atoms with Crippen LogP contribution in [0.4, 0.5) is 0 Å². The standard InChI is InChI=1S/C5H5N3/c6-3-1-4-7-5(2-3)8-4/h1-2H,(H3,6,7,8). The Hall–Kier alpha value is -1.25. The van der Waals surface area contributed by atoms with Gasteiger partial charge in [-0.2, -0.15) is 0 Å². The molecule has 0 spiro atoms. The van der Waals surface area contributed by atoms with Crippen molar-refractivity contribution in [2.24, 2.45) is 0 Å². The van der Waals surface area contributed by atoms with Crippen LogP contribution in [0.3, 0.4) is 0 Å². The lowest BCUT2D eigenvalue weighted by molar-refractivity contribution is 1.16. The Balaban J connectivity index is 3.03. The molecule has 3 nitrogen and oxygen atoms in total. The first-order valence-corrected chi connectivity index (χ1v) is 2.40. The first-order chi connectivity index (χ1) is 3.84. The number of hydrogen-bond acceptors (Lipinski definition) is 1. The van der Waals surface area contributed by atoms with Crippen LogP contribution >= 0.6 is 0 Å². The molecule has 0 atom stereocenters. The van der Waals surface area contributed by atoms with Gasteiger partial charge in [0.2, 0.25) is 0 Å². The fourth-order valence-electron chi connectivity index (χ4n) is 0.787. The fraction of sp³-hybridized carbons (Fsp3) is 0. The number of H-pyrrole nitrogens is 2. The molecule has 8 heavy (non-hydrogen) atoms. The van der Waals surface area contributed by atoms with Crippen LogP contribution in [0.15, 0.2) is 12.1 Å². The van der Waals surface area contributed by atoms with Crippen LogP contribution in [-0.4, -0.2) is 9.97 Å². The van der Waals surface area contributed by atoms with Gasteiger partial charge in [0, 0.05) is 12.1 Å². The van der Waals surface area contributed by atoms with E-state index in [1.54, 1.807) is 12.1 Å². The number of hydrogen-bond donors (Lipinski definition) is 3. The van der Waals surface area contributed by atoms with E-state index in [0.717, 1.165) is 11.3 Å². The highest BCUT2D eigenvalue weighted by Gasteiger charge is 1.92. The van der Waals surface area contributed by atoms with Crippen molar-refractivity contribution in [1.82, 2.24) is 9.97 Å². The zero-order chi connectivity index (χ0) is 5.56. The third-order valence-electron chi connectivity index (χ3n) is 1.14. The zero-order valence-electron chi connectivity index (χ0n) is 4.15. The van der Waals surface area contributed by atoms with Gasteiger partial charge < -0.3 is 15.4 Å². The van der Waals surface area contributed by atoms with E-state index < -0.39 is 0 Å². The van der Waals surface area contributed by atoms with Gasteiger partial charge >= 0.3 is 0 Å². The van der Waals surface area contributed by atoms with Crippen LogP contribution in [0.1, 0.15) is 0 Å². The van der Waals surface area contributed by atoms with Gasteiger partial charge in [-0.15, -0.1) is 0 Å².